The molecular weight excluding hydrogens is 404 g/mol. The summed E-state index contributed by atoms with van der Waals surface area (Å²) in [6.07, 6.45) is 25.6. The largest absolute Gasteiger partial charge is 0.481 e. The fraction of sp³-hybridized carbons (Fsp3) is 0.615. The van der Waals surface area contributed by atoms with Crippen molar-refractivity contribution in [2.45, 2.75) is 96.1 Å². The first-order chi connectivity index (χ1) is 15.5. The Morgan fingerprint density at radius 1 is 0.906 bits per heavy atom. The molecule has 0 aromatic heterocycles. The van der Waals surface area contributed by atoms with Crippen LogP contribution < -0.4 is 11.5 Å². The maximum absolute atomic E-state index is 12.3. The van der Waals surface area contributed by atoms with Crippen molar-refractivity contribution in [2.24, 2.45) is 11.5 Å². The highest BCUT2D eigenvalue weighted by atomic mass is 16.5. The molecule has 6 nitrogen and oxygen atoms in total. The number of nitrogens with two attached hydrogens (primary N) is 2. The lowest BCUT2D eigenvalue weighted by Gasteiger charge is -2.17. The Bertz CT molecular complexity index is 597. The van der Waals surface area contributed by atoms with Gasteiger partial charge in [0.1, 0.15) is 12.1 Å². The summed E-state index contributed by atoms with van der Waals surface area (Å²) in [4.78, 5) is 22.7. The molecule has 182 valence electrons. The average molecular weight is 449 g/mol. The zero-order chi connectivity index (χ0) is 23.9. The molecule has 0 spiro atoms. The summed E-state index contributed by atoms with van der Waals surface area (Å²) in [7, 11) is 0. The summed E-state index contributed by atoms with van der Waals surface area (Å²) in [6.45, 7) is 2.76. The Morgan fingerprint density at radius 3 is 2.28 bits per heavy atom. The normalized spacial score (nSPS) is 14.1. The standard InChI is InChI=1S/C26H44N2O4/c1-2-3-13-18-23(32-26(31)24(28)20-16-17-22-27)19-14-11-9-7-5-4-6-8-10-12-15-21-25(29)30/h4-5,8-11,14,19,23-24H,2-3,6-7,12-13,15-18,20-22,27-28H2,1H3,(H,29,30)/t23?,24-/m0/s1. The molecule has 0 heterocycles. The lowest BCUT2D eigenvalue weighted by molar-refractivity contribution is -0.149. The predicted octanol–water partition coefficient (Wildman–Crippen LogP) is 5.19. The van der Waals surface area contributed by atoms with Crippen molar-refractivity contribution in [3.05, 3.63) is 48.6 Å². The molecule has 0 saturated heterocycles. The second-order valence-corrected chi connectivity index (χ2v) is 7.88. The van der Waals surface area contributed by atoms with E-state index < -0.39 is 12.0 Å². The van der Waals surface area contributed by atoms with Gasteiger partial charge >= 0.3 is 11.9 Å². The number of aliphatic carboxylic acids is 1. The van der Waals surface area contributed by atoms with Gasteiger partial charge in [-0.2, -0.15) is 0 Å². The number of unbranched alkanes of at least 4 members (excludes halogenated alkanes) is 4. The van der Waals surface area contributed by atoms with Crippen LogP contribution in [0.5, 0.6) is 0 Å². The predicted molar refractivity (Wildman–Crippen MR) is 132 cm³/mol. The van der Waals surface area contributed by atoms with E-state index in [1.54, 1.807) is 0 Å². The topological polar surface area (TPSA) is 116 Å². The van der Waals surface area contributed by atoms with Gasteiger partial charge < -0.3 is 21.3 Å². The van der Waals surface area contributed by atoms with Gasteiger partial charge in [0.05, 0.1) is 0 Å². The van der Waals surface area contributed by atoms with E-state index in [2.05, 4.69) is 25.2 Å². The zero-order valence-electron chi connectivity index (χ0n) is 19.8. The maximum atomic E-state index is 12.3. The highest BCUT2D eigenvalue weighted by Crippen LogP contribution is 2.11. The minimum atomic E-state index is -0.744. The smallest absolute Gasteiger partial charge is 0.323 e. The third-order valence-electron chi connectivity index (χ3n) is 4.84. The first kappa shape index (κ1) is 29.8. The van der Waals surface area contributed by atoms with Gasteiger partial charge in [0, 0.05) is 6.42 Å². The van der Waals surface area contributed by atoms with E-state index in [-0.39, 0.29) is 18.5 Å². The molecule has 0 aliphatic rings. The van der Waals surface area contributed by atoms with Gasteiger partial charge in [-0.3, -0.25) is 9.59 Å². The number of rotatable bonds is 20. The summed E-state index contributed by atoms with van der Waals surface area (Å²) in [5.74, 6) is -1.08. The van der Waals surface area contributed by atoms with Crippen molar-refractivity contribution in [3.63, 3.8) is 0 Å². The Hall–Kier alpha value is -2.18. The van der Waals surface area contributed by atoms with Gasteiger partial charge in [-0.15, -0.1) is 0 Å². The molecule has 0 fully saturated rings. The van der Waals surface area contributed by atoms with Gasteiger partial charge in [0.2, 0.25) is 0 Å². The number of ether oxygens (including phenoxy) is 1. The minimum absolute atomic E-state index is 0.221. The first-order valence-electron chi connectivity index (χ1n) is 12.0. The molecule has 0 aromatic rings. The van der Waals surface area contributed by atoms with E-state index >= 15 is 0 Å². The summed E-state index contributed by atoms with van der Waals surface area (Å²) in [5, 5.41) is 8.57. The number of allylic oxidation sites excluding steroid dienone is 7. The number of carbonyl (C=O) groups is 2. The van der Waals surface area contributed by atoms with Crippen LogP contribution in [0, 0.1) is 0 Å². The van der Waals surface area contributed by atoms with Crippen molar-refractivity contribution in [1.82, 2.24) is 0 Å². The summed E-state index contributed by atoms with van der Waals surface area (Å²) in [6, 6.07) is -0.587. The van der Waals surface area contributed by atoms with Crippen LogP contribution in [0.1, 0.15) is 84.0 Å². The van der Waals surface area contributed by atoms with Gasteiger partial charge in [0.25, 0.3) is 0 Å². The Labute approximate surface area is 194 Å². The number of carbonyl (C=O) groups excluding carboxylic acids is 1. The first-order valence-corrected chi connectivity index (χ1v) is 12.0. The Kier molecular flexibility index (Phi) is 20.5. The third kappa shape index (κ3) is 19.8. The fourth-order valence-corrected chi connectivity index (χ4v) is 2.93. The highest BCUT2D eigenvalue weighted by Gasteiger charge is 2.18. The summed E-state index contributed by atoms with van der Waals surface area (Å²) in [5.41, 5.74) is 11.4. The van der Waals surface area contributed by atoms with Crippen molar-refractivity contribution >= 4 is 11.9 Å². The van der Waals surface area contributed by atoms with Gasteiger partial charge in [-0.1, -0.05) is 68.7 Å². The van der Waals surface area contributed by atoms with E-state index in [0.717, 1.165) is 57.8 Å². The van der Waals surface area contributed by atoms with Crippen LogP contribution >= 0.6 is 0 Å². The monoisotopic (exact) mass is 448 g/mol. The molecule has 32 heavy (non-hydrogen) atoms. The maximum Gasteiger partial charge on any atom is 0.323 e. The Balaban J connectivity index is 4.30. The molecule has 0 bridgehead atoms. The second-order valence-electron chi connectivity index (χ2n) is 7.88. The van der Waals surface area contributed by atoms with Crippen LogP contribution in [0.3, 0.4) is 0 Å². The SMILES string of the molecule is CCCCCC(C=CC=CCC=CCC=CCCCC(=O)O)OC(=O)[C@@H](N)CCCCN. The highest BCUT2D eigenvalue weighted by molar-refractivity contribution is 5.75. The molecule has 1 unspecified atom stereocenters. The van der Waals surface area contributed by atoms with Gasteiger partial charge in [-0.05, 0) is 64.0 Å². The lowest BCUT2D eigenvalue weighted by atomic mass is 10.1. The van der Waals surface area contributed by atoms with Crippen LogP contribution in [-0.4, -0.2) is 35.7 Å². The molecule has 0 aliphatic carbocycles. The molecule has 2 atom stereocenters. The van der Waals surface area contributed by atoms with E-state index in [9.17, 15) is 9.59 Å². The number of hydrogen-bond acceptors (Lipinski definition) is 5. The molecule has 6 heteroatoms. The van der Waals surface area contributed by atoms with Crippen molar-refractivity contribution in [1.29, 1.82) is 0 Å². The molecule has 0 aliphatic heterocycles. The van der Waals surface area contributed by atoms with E-state index in [0.29, 0.717) is 19.4 Å². The van der Waals surface area contributed by atoms with E-state index in [1.807, 2.05) is 30.4 Å². The molecule has 5 N–H and O–H groups in total. The van der Waals surface area contributed by atoms with Crippen molar-refractivity contribution in [2.75, 3.05) is 6.54 Å². The molecule has 0 saturated carbocycles. The lowest BCUT2D eigenvalue weighted by Crippen LogP contribution is -2.34. The number of hydrogen-bond donors (Lipinski definition) is 3. The van der Waals surface area contributed by atoms with Crippen LogP contribution in [0.4, 0.5) is 0 Å². The van der Waals surface area contributed by atoms with Crippen LogP contribution in [0.2, 0.25) is 0 Å². The van der Waals surface area contributed by atoms with Crippen molar-refractivity contribution in [3.8, 4) is 0 Å². The molecule has 0 rings (SSSR count). The summed E-state index contributed by atoms with van der Waals surface area (Å²) >= 11 is 0. The molecule has 0 radical (unpaired) electrons. The third-order valence-corrected chi connectivity index (χ3v) is 4.84. The van der Waals surface area contributed by atoms with E-state index in [1.165, 1.54) is 0 Å². The molecular formula is C26H44N2O4. The average Bonchev–Trinajstić information content (AvgIpc) is 2.76. The minimum Gasteiger partial charge on any atom is -0.481 e. The zero-order valence-corrected chi connectivity index (χ0v) is 19.8. The number of esters is 1. The van der Waals surface area contributed by atoms with Gasteiger partial charge in [0.15, 0.2) is 0 Å². The number of carboxylic acids is 1. The molecule has 0 aromatic carbocycles. The fourth-order valence-electron chi connectivity index (χ4n) is 2.93. The molecule has 0 amide bonds. The number of carboxylic acid groups (broad SMARTS) is 1. The van der Waals surface area contributed by atoms with Crippen molar-refractivity contribution < 1.29 is 19.4 Å². The Morgan fingerprint density at radius 2 is 1.59 bits per heavy atom. The quantitative estimate of drug-likeness (QED) is 0.102. The summed E-state index contributed by atoms with van der Waals surface area (Å²) < 4.78 is 5.63. The van der Waals surface area contributed by atoms with E-state index in [4.69, 9.17) is 21.3 Å². The van der Waals surface area contributed by atoms with Crippen LogP contribution in [0.25, 0.3) is 0 Å². The van der Waals surface area contributed by atoms with Crippen LogP contribution in [-0.2, 0) is 14.3 Å². The second kappa shape index (κ2) is 22.0. The van der Waals surface area contributed by atoms with Crippen LogP contribution in [0.15, 0.2) is 48.6 Å². The van der Waals surface area contributed by atoms with Gasteiger partial charge in [-0.25, -0.2) is 0 Å².